The largest absolute Gasteiger partial charge is 0.362 e. The summed E-state index contributed by atoms with van der Waals surface area (Å²) in [6.07, 6.45) is 5.20. The zero-order chi connectivity index (χ0) is 14.9. The molecule has 1 aromatic carbocycles. The topological polar surface area (TPSA) is 33.4 Å². The third-order valence-corrected chi connectivity index (χ3v) is 4.67. The summed E-state index contributed by atoms with van der Waals surface area (Å²) in [6.45, 7) is 3.15. The fraction of sp³-hybridized carbons (Fsp3) is 0.333. The summed E-state index contributed by atoms with van der Waals surface area (Å²) in [5.41, 5.74) is 4.93. The molecule has 0 radical (unpaired) electrons. The molecular weight excluding hydrogens is 272 g/mol. The van der Waals surface area contributed by atoms with Gasteiger partial charge in [-0.3, -0.25) is 0 Å². The van der Waals surface area contributed by atoms with Crippen molar-refractivity contribution in [1.29, 1.82) is 0 Å². The Labute approximate surface area is 130 Å². The van der Waals surface area contributed by atoms with Crippen LogP contribution in [0.3, 0.4) is 0 Å². The van der Waals surface area contributed by atoms with E-state index in [-0.39, 0.29) is 0 Å². The van der Waals surface area contributed by atoms with Crippen LogP contribution >= 0.6 is 0 Å². The van der Waals surface area contributed by atoms with Crippen LogP contribution < -0.4 is 4.90 Å². The molecule has 3 heterocycles. The van der Waals surface area contributed by atoms with E-state index in [1.54, 1.807) is 6.33 Å². The normalized spacial score (nSPS) is 17.7. The highest BCUT2D eigenvalue weighted by molar-refractivity contribution is 5.56. The van der Waals surface area contributed by atoms with Crippen molar-refractivity contribution in [2.24, 2.45) is 0 Å². The van der Waals surface area contributed by atoms with Gasteiger partial charge in [-0.25, -0.2) is 9.50 Å². The van der Waals surface area contributed by atoms with Crippen molar-refractivity contribution in [3.8, 4) is 0 Å². The molecule has 22 heavy (non-hydrogen) atoms. The molecule has 112 valence electrons. The first-order valence-corrected chi connectivity index (χ1v) is 7.99. The average molecular weight is 292 g/mol. The number of rotatable bonds is 3. The summed E-state index contributed by atoms with van der Waals surface area (Å²) in [5.74, 6) is 0. The first kappa shape index (κ1) is 13.3. The number of fused-ring (bicyclic) bond motifs is 2. The second-order valence-corrected chi connectivity index (χ2v) is 5.90. The summed E-state index contributed by atoms with van der Waals surface area (Å²) in [5, 5.41) is 4.37. The van der Waals surface area contributed by atoms with E-state index in [1.807, 2.05) is 10.6 Å². The van der Waals surface area contributed by atoms with E-state index in [2.05, 4.69) is 58.3 Å². The predicted molar refractivity (Wildman–Crippen MR) is 88.0 cm³/mol. The number of aryl methyl sites for hydroxylation is 1. The van der Waals surface area contributed by atoms with Crippen LogP contribution in [-0.4, -0.2) is 20.6 Å². The van der Waals surface area contributed by atoms with E-state index in [0.29, 0.717) is 6.04 Å². The number of pyridine rings is 1. The molecule has 3 aromatic rings. The molecule has 0 aliphatic carbocycles. The maximum Gasteiger partial charge on any atom is 0.155 e. The Morgan fingerprint density at radius 3 is 2.95 bits per heavy atom. The van der Waals surface area contributed by atoms with Gasteiger partial charge in [0.05, 0.1) is 12.2 Å². The number of aromatic nitrogens is 3. The Morgan fingerprint density at radius 1 is 1.14 bits per heavy atom. The van der Waals surface area contributed by atoms with Gasteiger partial charge in [0.15, 0.2) is 5.65 Å². The molecule has 1 unspecified atom stereocenters. The van der Waals surface area contributed by atoms with Crippen LogP contribution in [0.15, 0.2) is 48.8 Å². The van der Waals surface area contributed by atoms with Gasteiger partial charge in [-0.15, -0.1) is 0 Å². The minimum absolute atomic E-state index is 0.591. The lowest BCUT2D eigenvalue weighted by molar-refractivity contribution is 0.505. The molecule has 0 saturated heterocycles. The maximum absolute atomic E-state index is 4.37. The van der Waals surface area contributed by atoms with Crippen molar-refractivity contribution >= 4 is 11.3 Å². The van der Waals surface area contributed by atoms with Crippen molar-refractivity contribution in [2.45, 2.75) is 38.8 Å². The van der Waals surface area contributed by atoms with Crippen molar-refractivity contribution in [3.63, 3.8) is 0 Å². The van der Waals surface area contributed by atoms with Crippen molar-refractivity contribution in [1.82, 2.24) is 14.6 Å². The second-order valence-electron chi connectivity index (χ2n) is 5.90. The van der Waals surface area contributed by atoms with Gasteiger partial charge in [0.25, 0.3) is 0 Å². The lowest BCUT2D eigenvalue weighted by atomic mass is 9.94. The molecular formula is C18H20N4. The zero-order valence-electron chi connectivity index (χ0n) is 12.8. The minimum atomic E-state index is 0.591. The molecule has 0 amide bonds. The van der Waals surface area contributed by atoms with E-state index in [1.165, 1.54) is 36.2 Å². The number of para-hydroxylation sites is 1. The molecule has 1 atom stereocenters. The molecule has 1 aliphatic heterocycles. The average Bonchev–Trinajstić information content (AvgIpc) is 3.05. The summed E-state index contributed by atoms with van der Waals surface area (Å²) in [7, 11) is 0. The SMILES string of the molecule is CCC1CCc2ccccc2N1Cc1cccc2ncnn12. The highest BCUT2D eigenvalue weighted by atomic mass is 15.3. The molecule has 4 rings (SSSR count). The Balaban J connectivity index is 1.75. The first-order chi connectivity index (χ1) is 10.9. The molecule has 0 bridgehead atoms. The summed E-state index contributed by atoms with van der Waals surface area (Å²) in [4.78, 5) is 6.83. The molecule has 1 aliphatic rings. The second kappa shape index (κ2) is 5.44. The predicted octanol–water partition coefficient (Wildman–Crippen LogP) is 3.46. The van der Waals surface area contributed by atoms with Crippen LogP contribution in [0.25, 0.3) is 5.65 Å². The number of anilines is 1. The van der Waals surface area contributed by atoms with Crippen LogP contribution in [0, 0.1) is 0 Å². The fourth-order valence-corrected chi connectivity index (χ4v) is 3.51. The number of hydrogen-bond acceptors (Lipinski definition) is 3. The van der Waals surface area contributed by atoms with Gasteiger partial charge < -0.3 is 4.90 Å². The van der Waals surface area contributed by atoms with Gasteiger partial charge in [-0.1, -0.05) is 31.2 Å². The highest BCUT2D eigenvalue weighted by Crippen LogP contribution is 2.33. The molecule has 2 aromatic heterocycles. The standard InChI is InChI=1S/C18H20N4/c1-2-15-11-10-14-6-3-4-8-17(14)21(15)12-16-7-5-9-18-19-13-20-22(16)18/h3-9,13,15H,2,10-12H2,1H3. The Bertz CT molecular complexity index is 792. The Kier molecular flexibility index (Phi) is 3.29. The minimum Gasteiger partial charge on any atom is -0.362 e. The molecule has 0 N–H and O–H groups in total. The van der Waals surface area contributed by atoms with Gasteiger partial charge in [0.2, 0.25) is 0 Å². The van der Waals surface area contributed by atoms with Crippen molar-refractivity contribution in [2.75, 3.05) is 4.90 Å². The van der Waals surface area contributed by atoms with Gasteiger partial charge in [0, 0.05) is 11.7 Å². The smallest absolute Gasteiger partial charge is 0.155 e. The number of nitrogens with zero attached hydrogens (tertiary/aromatic N) is 4. The van der Waals surface area contributed by atoms with Crippen LogP contribution in [0.2, 0.25) is 0 Å². The van der Waals surface area contributed by atoms with Crippen molar-refractivity contribution < 1.29 is 0 Å². The molecule has 4 heteroatoms. The third-order valence-electron chi connectivity index (χ3n) is 4.67. The summed E-state index contributed by atoms with van der Waals surface area (Å²) >= 11 is 0. The van der Waals surface area contributed by atoms with Crippen LogP contribution in [-0.2, 0) is 13.0 Å². The quantitative estimate of drug-likeness (QED) is 0.741. The fourth-order valence-electron chi connectivity index (χ4n) is 3.51. The summed E-state index contributed by atoms with van der Waals surface area (Å²) in [6, 6.07) is 15.6. The van der Waals surface area contributed by atoms with E-state index >= 15 is 0 Å². The molecule has 0 saturated carbocycles. The van der Waals surface area contributed by atoms with Gasteiger partial charge >= 0.3 is 0 Å². The lowest BCUT2D eigenvalue weighted by Crippen LogP contribution is -2.38. The monoisotopic (exact) mass is 292 g/mol. The number of benzene rings is 1. The van der Waals surface area contributed by atoms with E-state index < -0.39 is 0 Å². The summed E-state index contributed by atoms with van der Waals surface area (Å²) < 4.78 is 1.95. The van der Waals surface area contributed by atoms with E-state index in [0.717, 1.165) is 12.2 Å². The highest BCUT2D eigenvalue weighted by Gasteiger charge is 2.25. The lowest BCUT2D eigenvalue weighted by Gasteiger charge is -2.38. The third kappa shape index (κ3) is 2.15. The van der Waals surface area contributed by atoms with Crippen LogP contribution in [0.4, 0.5) is 5.69 Å². The molecule has 0 spiro atoms. The maximum atomic E-state index is 4.37. The zero-order valence-corrected chi connectivity index (χ0v) is 12.8. The van der Waals surface area contributed by atoms with E-state index in [9.17, 15) is 0 Å². The van der Waals surface area contributed by atoms with Crippen LogP contribution in [0.5, 0.6) is 0 Å². The Morgan fingerprint density at radius 2 is 2.05 bits per heavy atom. The molecule has 4 nitrogen and oxygen atoms in total. The van der Waals surface area contributed by atoms with Crippen LogP contribution in [0.1, 0.15) is 31.0 Å². The molecule has 0 fully saturated rings. The van der Waals surface area contributed by atoms with Gasteiger partial charge in [0.1, 0.15) is 6.33 Å². The number of hydrogen-bond donors (Lipinski definition) is 0. The van der Waals surface area contributed by atoms with Gasteiger partial charge in [-0.2, -0.15) is 5.10 Å². The van der Waals surface area contributed by atoms with Crippen molar-refractivity contribution in [3.05, 3.63) is 60.0 Å². The van der Waals surface area contributed by atoms with Gasteiger partial charge in [-0.05, 0) is 43.0 Å². The first-order valence-electron chi connectivity index (χ1n) is 7.99. The Hall–Kier alpha value is -2.36. The van der Waals surface area contributed by atoms with E-state index in [4.69, 9.17) is 0 Å².